The van der Waals surface area contributed by atoms with E-state index >= 15 is 0 Å². The third-order valence-electron chi connectivity index (χ3n) is 5.33. The Kier molecular flexibility index (Phi) is 6.93. The third kappa shape index (κ3) is 5.09. The van der Waals surface area contributed by atoms with E-state index in [9.17, 15) is 13.2 Å². The number of aromatic nitrogens is 1. The van der Waals surface area contributed by atoms with Gasteiger partial charge in [0.25, 0.3) is 15.9 Å². The minimum Gasteiger partial charge on any atom is -0.494 e. The van der Waals surface area contributed by atoms with Crippen molar-refractivity contribution in [3.05, 3.63) is 81.2 Å². The maximum absolute atomic E-state index is 13.0. The normalized spacial score (nSPS) is 11.6. The predicted molar refractivity (Wildman–Crippen MR) is 131 cm³/mol. The summed E-state index contributed by atoms with van der Waals surface area (Å²) >= 11 is 12.3. The highest BCUT2D eigenvalue weighted by Crippen LogP contribution is 2.28. The van der Waals surface area contributed by atoms with Gasteiger partial charge in [0.05, 0.1) is 12.9 Å². The van der Waals surface area contributed by atoms with Crippen molar-refractivity contribution in [1.29, 1.82) is 0 Å². The van der Waals surface area contributed by atoms with Gasteiger partial charge in [-0.2, -0.15) is 8.42 Å². The van der Waals surface area contributed by atoms with E-state index in [0.29, 0.717) is 46.3 Å². The number of aromatic amines is 1. The molecule has 0 spiro atoms. The molecule has 4 rings (SSSR count). The summed E-state index contributed by atoms with van der Waals surface area (Å²) in [6.07, 6.45) is 2.28. The van der Waals surface area contributed by atoms with Gasteiger partial charge in [-0.25, -0.2) is 4.72 Å². The lowest BCUT2D eigenvalue weighted by atomic mass is 10.1. The van der Waals surface area contributed by atoms with Gasteiger partial charge in [-0.05, 0) is 79.8 Å². The van der Waals surface area contributed by atoms with Crippen LogP contribution in [0.15, 0.2) is 58.2 Å². The monoisotopic (exact) mass is 520 g/mol. The van der Waals surface area contributed by atoms with Gasteiger partial charge in [-0.3, -0.25) is 4.79 Å². The van der Waals surface area contributed by atoms with Crippen molar-refractivity contribution >= 4 is 50.0 Å². The molecular formula is C24H22Cl2N2O5S. The Bertz CT molecular complexity index is 1440. The van der Waals surface area contributed by atoms with E-state index in [1.807, 2.05) is 26.0 Å². The number of carbonyl (C=O) groups is 1. The molecule has 0 aliphatic rings. The first-order chi connectivity index (χ1) is 16.2. The highest BCUT2D eigenvalue weighted by atomic mass is 35.5. The van der Waals surface area contributed by atoms with Crippen LogP contribution >= 0.6 is 23.2 Å². The molecule has 178 valence electrons. The number of amides is 1. The quantitative estimate of drug-likeness (QED) is 0.285. The molecule has 0 aliphatic carbocycles. The Labute approximate surface area is 207 Å². The molecule has 2 N–H and O–H groups in total. The summed E-state index contributed by atoms with van der Waals surface area (Å²) in [5.74, 6) is -0.0730. The molecule has 1 amide bonds. The van der Waals surface area contributed by atoms with Gasteiger partial charge >= 0.3 is 0 Å². The molecule has 34 heavy (non-hydrogen) atoms. The molecule has 0 atom stereocenters. The van der Waals surface area contributed by atoms with Gasteiger partial charge in [-0.1, -0.05) is 29.3 Å². The zero-order valence-corrected chi connectivity index (χ0v) is 20.8. The van der Waals surface area contributed by atoms with Crippen LogP contribution in [-0.4, -0.2) is 25.9 Å². The van der Waals surface area contributed by atoms with Gasteiger partial charge in [0.1, 0.15) is 11.4 Å². The second kappa shape index (κ2) is 9.74. The van der Waals surface area contributed by atoms with E-state index in [-0.39, 0.29) is 10.8 Å². The van der Waals surface area contributed by atoms with Crippen LogP contribution in [0.4, 0.5) is 0 Å². The van der Waals surface area contributed by atoms with Crippen molar-refractivity contribution in [3.63, 3.8) is 0 Å². The van der Waals surface area contributed by atoms with Crippen molar-refractivity contribution in [2.24, 2.45) is 0 Å². The maximum atomic E-state index is 13.0. The number of furan rings is 1. The first-order valence-corrected chi connectivity index (χ1v) is 12.7. The third-order valence-corrected chi connectivity index (χ3v) is 7.38. The topological polar surface area (TPSA) is 101 Å². The van der Waals surface area contributed by atoms with Gasteiger partial charge in [-0.15, -0.1) is 0 Å². The highest BCUT2D eigenvalue weighted by Gasteiger charge is 2.25. The van der Waals surface area contributed by atoms with Gasteiger partial charge < -0.3 is 14.1 Å². The van der Waals surface area contributed by atoms with E-state index in [1.54, 1.807) is 18.2 Å². The van der Waals surface area contributed by atoms with Crippen LogP contribution < -0.4 is 9.46 Å². The number of hydrogen-bond donors (Lipinski definition) is 2. The molecule has 0 saturated heterocycles. The minimum absolute atomic E-state index is 0.144. The lowest BCUT2D eigenvalue weighted by Gasteiger charge is -2.10. The highest BCUT2D eigenvalue weighted by molar-refractivity contribution is 7.90. The molecular weight excluding hydrogens is 499 g/mol. The largest absolute Gasteiger partial charge is 0.494 e. The number of nitrogens with one attached hydrogen (secondary N) is 2. The van der Waals surface area contributed by atoms with Crippen molar-refractivity contribution in [2.75, 3.05) is 6.61 Å². The molecule has 7 nitrogen and oxygen atoms in total. The minimum atomic E-state index is -4.15. The molecule has 2 heterocycles. The number of H-pyrrole nitrogens is 1. The van der Waals surface area contributed by atoms with Crippen LogP contribution in [0.25, 0.3) is 10.9 Å². The van der Waals surface area contributed by atoms with Crippen LogP contribution in [0.5, 0.6) is 5.75 Å². The molecule has 0 fully saturated rings. The average Bonchev–Trinajstić information content (AvgIpc) is 3.43. The van der Waals surface area contributed by atoms with E-state index < -0.39 is 15.9 Å². The SMILES string of the molecule is Cc1cc(OCCCc2c(C(=O)NS(=O)(=O)c3ccco3)[nH]c3cc(Cl)ccc23)cc(C)c1Cl. The van der Waals surface area contributed by atoms with Crippen LogP contribution in [0, 0.1) is 13.8 Å². The second-order valence-electron chi connectivity index (χ2n) is 7.86. The zero-order valence-electron chi connectivity index (χ0n) is 18.4. The number of carbonyl (C=O) groups excluding carboxylic acids is 1. The van der Waals surface area contributed by atoms with E-state index in [0.717, 1.165) is 16.5 Å². The number of ether oxygens (including phenoxy) is 1. The molecule has 0 bridgehead atoms. The number of sulfonamides is 1. The number of rotatable bonds is 8. The number of fused-ring (bicyclic) bond motifs is 1. The molecule has 4 aromatic rings. The van der Waals surface area contributed by atoms with Crippen molar-refractivity contribution in [1.82, 2.24) is 9.71 Å². The standard InChI is InChI=1S/C24H22Cl2N2O5S/c1-14-11-17(12-15(2)22(14)26)32-9-3-5-19-18-8-7-16(25)13-20(18)27-23(19)24(29)28-34(30,31)21-6-4-10-33-21/h4,6-8,10-13,27H,3,5,9H2,1-2H3,(H,28,29). The molecule has 0 unspecified atom stereocenters. The Balaban J connectivity index is 1.54. The van der Waals surface area contributed by atoms with Crippen LogP contribution in [0.1, 0.15) is 33.6 Å². The summed E-state index contributed by atoms with van der Waals surface area (Å²) in [7, 11) is -4.15. The summed E-state index contributed by atoms with van der Waals surface area (Å²) in [6.45, 7) is 4.23. The summed E-state index contributed by atoms with van der Waals surface area (Å²) in [4.78, 5) is 16.0. The fourth-order valence-electron chi connectivity index (χ4n) is 3.75. The summed E-state index contributed by atoms with van der Waals surface area (Å²) in [6, 6.07) is 11.7. The fourth-order valence-corrected chi connectivity index (χ4v) is 4.92. The number of hydrogen-bond acceptors (Lipinski definition) is 5. The predicted octanol–water partition coefficient (Wildman–Crippen LogP) is 5.81. The van der Waals surface area contributed by atoms with E-state index in [4.69, 9.17) is 32.4 Å². The van der Waals surface area contributed by atoms with Crippen LogP contribution in [0.2, 0.25) is 10.0 Å². The summed E-state index contributed by atoms with van der Waals surface area (Å²) in [5.41, 5.74) is 3.31. The number of halogens is 2. The fraction of sp³-hybridized carbons (Fsp3) is 0.208. The number of benzene rings is 2. The van der Waals surface area contributed by atoms with E-state index in [1.165, 1.54) is 18.4 Å². The van der Waals surface area contributed by atoms with Crippen molar-refractivity contribution in [3.8, 4) is 5.75 Å². The van der Waals surface area contributed by atoms with Crippen LogP contribution in [-0.2, 0) is 16.4 Å². The Hall–Kier alpha value is -2.94. The van der Waals surface area contributed by atoms with Gasteiger partial charge in [0.2, 0.25) is 5.09 Å². The lowest BCUT2D eigenvalue weighted by molar-refractivity contribution is 0.0975. The molecule has 0 aliphatic heterocycles. The first kappa shape index (κ1) is 24.2. The smallest absolute Gasteiger partial charge is 0.297 e. The summed E-state index contributed by atoms with van der Waals surface area (Å²) < 4.78 is 37.8. The molecule has 0 saturated carbocycles. The molecule has 10 heteroatoms. The van der Waals surface area contributed by atoms with Crippen molar-refractivity contribution in [2.45, 2.75) is 31.8 Å². The Morgan fingerprint density at radius 2 is 1.85 bits per heavy atom. The van der Waals surface area contributed by atoms with E-state index in [2.05, 4.69) is 9.71 Å². The van der Waals surface area contributed by atoms with Crippen LogP contribution in [0.3, 0.4) is 0 Å². The molecule has 2 aromatic heterocycles. The average molecular weight is 521 g/mol. The van der Waals surface area contributed by atoms with Gasteiger partial charge in [0, 0.05) is 20.9 Å². The first-order valence-electron chi connectivity index (χ1n) is 10.5. The molecule has 2 aromatic carbocycles. The van der Waals surface area contributed by atoms with Gasteiger partial charge in [0.15, 0.2) is 0 Å². The lowest BCUT2D eigenvalue weighted by Crippen LogP contribution is -2.31. The number of aryl methyl sites for hydroxylation is 3. The second-order valence-corrected chi connectivity index (χ2v) is 10.3. The van der Waals surface area contributed by atoms with Crippen molar-refractivity contribution < 1.29 is 22.4 Å². The maximum Gasteiger partial charge on any atom is 0.297 e. The summed E-state index contributed by atoms with van der Waals surface area (Å²) in [5, 5.41) is 1.64. The zero-order chi connectivity index (χ0) is 24.5. The molecule has 0 radical (unpaired) electrons. The Morgan fingerprint density at radius 3 is 2.53 bits per heavy atom. The Morgan fingerprint density at radius 1 is 1.12 bits per heavy atom.